The summed E-state index contributed by atoms with van der Waals surface area (Å²) in [5.41, 5.74) is 0.453. The van der Waals surface area contributed by atoms with E-state index in [0.717, 1.165) is 12.7 Å². The fraction of sp³-hybridized carbons (Fsp3) is 0.467. The quantitative estimate of drug-likeness (QED) is 0.800. The number of nitrogens with zero attached hydrogens (tertiary/aromatic N) is 1. The molecule has 1 heterocycles. The Hall–Kier alpha value is -2.28. The molecule has 0 bridgehead atoms. The Morgan fingerprint density at radius 2 is 2.05 bits per heavy atom. The first kappa shape index (κ1) is 16.1. The Bertz CT molecular complexity index is 586. The van der Waals surface area contributed by atoms with Crippen LogP contribution in [0, 0.1) is 6.92 Å². The van der Waals surface area contributed by atoms with E-state index in [2.05, 4.69) is 0 Å². The van der Waals surface area contributed by atoms with E-state index < -0.39 is 5.97 Å². The Balaban J connectivity index is 2.51. The molecule has 1 fully saturated rings. The number of hydroxylamine groups is 2. The monoisotopic (exact) mass is 309 g/mol. The van der Waals surface area contributed by atoms with Crippen molar-refractivity contribution in [3.63, 3.8) is 0 Å². The van der Waals surface area contributed by atoms with E-state index >= 15 is 0 Å². The average molecular weight is 309 g/mol. The SMILES string of the molecule is COc1cc(OC)c(C(=O)O)c(ON2CCCC2C=O)c1C. The molecule has 0 saturated carbocycles. The van der Waals surface area contributed by atoms with E-state index in [1.807, 2.05) is 0 Å². The second-order valence-electron chi connectivity index (χ2n) is 4.99. The van der Waals surface area contributed by atoms with Gasteiger partial charge in [0.1, 0.15) is 29.4 Å². The topological polar surface area (TPSA) is 85.3 Å². The van der Waals surface area contributed by atoms with Gasteiger partial charge in [-0.1, -0.05) is 0 Å². The van der Waals surface area contributed by atoms with Crippen molar-refractivity contribution in [3.8, 4) is 17.2 Å². The highest BCUT2D eigenvalue weighted by molar-refractivity contribution is 5.95. The molecule has 1 aliphatic heterocycles. The lowest BCUT2D eigenvalue weighted by atomic mass is 10.1. The van der Waals surface area contributed by atoms with Gasteiger partial charge in [0, 0.05) is 18.2 Å². The third kappa shape index (κ3) is 2.85. The van der Waals surface area contributed by atoms with Gasteiger partial charge in [0.2, 0.25) is 0 Å². The van der Waals surface area contributed by atoms with Gasteiger partial charge in [-0.25, -0.2) is 4.79 Å². The van der Waals surface area contributed by atoms with Crippen LogP contribution < -0.4 is 14.3 Å². The van der Waals surface area contributed by atoms with E-state index in [1.54, 1.807) is 6.92 Å². The number of benzene rings is 1. The maximum atomic E-state index is 11.6. The summed E-state index contributed by atoms with van der Waals surface area (Å²) in [6.07, 6.45) is 2.30. The number of carbonyl (C=O) groups excluding carboxylic acids is 1. The zero-order valence-electron chi connectivity index (χ0n) is 12.8. The summed E-state index contributed by atoms with van der Waals surface area (Å²) in [7, 11) is 2.86. The maximum absolute atomic E-state index is 11.6. The molecule has 0 spiro atoms. The average Bonchev–Trinajstić information content (AvgIpc) is 2.95. The van der Waals surface area contributed by atoms with Crippen LogP contribution in [0.15, 0.2) is 6.07 Å². The number of carboxylic acids is 1. The molecule has 120 valence electrons. The van der Waals surface area contributed by atoms with E-state index in [-0.39, 0.29) is 23.1 Å². The van der Waals surface area contributed by atoms with Crippen molar-refractivity contribution in [3.05, 3.63) is 17.2 Å². The number of carbonyl (C=O) groups is 2. The number of aldehydes is 1. The summed E-state index contributed by atoms with van der Waals surface area (Å²) < 4.78 is 10.4. The van der Waals surface area contributed by atoms with Gasteiger partial charge in [0.25, 0.3) is 0 Å². The van der Waals surface area contributed by atoms with Crippen molar-refractivity contribution >= 4 is 12.3 Å². The van der Waals surface area contributed by atoms with Crippen LogP contribution in [0.5, 0.6) is 17.2 Å². The molecule has 1 unspecified atom stereocenters. The molecule has 7 heteroatoms. The van der Waals surface area contributed by atoms with Crippen LogP contribution in [0.1, 0.15) is 28.8 Å². The smallest absolute Gasteiger partial charge is 0.343 e. The lowest BCUT2D eigenvalue weighted by Crippen LogP contribution is -2.34. The highest BCUT2D eigenvalue weighted by Crippen LogP contribution is 2.39. The number of methoxy groups -OCH3 is 2. The Morgan fingerprint density at radius 3 is 2.59 bits per heavy atom. The molecule has 0 amide bonds. The number of ether oxygens (including phenoxy) is 2. The van der Waals surface area contributed by atoms with Gasteiger partial charge < -0.3 is 24.2 Å². The Morgan fingerprint density at radius 1 is 1.36 bits per heavy atom. The summed E-state index contributed by atoms with van der Waals surface area (Å²) in [5.74, 6) is -0.428. The fourth-order valence-electron chi connectivity index (χ4n) is 2.53. The molecular weight excluding hydrogens is 290 g/mol. The minimum Gasteiger partial charge on any atom is -0.496 e. The summed E-state index contributed by atoms with van der Waals surface area (Å²) in [5, 5.41) is 11.0. The number of hydrogen-bond acceptors (Lipinski definition) is 6. The minimum absolute atomic E-state index is 0.0858. The molecular formula is C15H19NO6. The second kappa shape index (κ2) is 6.65. The Kier molecular flexibility index (Phi) is 4.87. The zero-order valence-corrected chi connectivity index (χ0v) is 12.8. The largest absolute Gasteiger partial charge is 0.496 e. The van der Waals surface area contributed by atoms with Crippen molar-refractivity contribution in [2.75, 3.05) is 20.8 Å². The molecule has 1 aromatic carbocycles. The molecule has 0 aliphatic carbocycles. The molecule has 0 aromatic heterocycles. The van der Waals surface area contributed by atoms with Crippen molar-refractivity contribution in [1.82, 2.24) is 5.06 Å². The molecule has 22 heavy (non-hydrogen) atoms. The number of aromatic carboxylic acids is 1. The predicted molar refractivity (Wildman–Crippen MR) is 77.7 cm³/mol. The van der Waals surface area contributed by atoms with Crippen molar-refractivity contribution in [2.24, 2.45) is 0 Å². The standard InChI is InChI=1S/C15H19NO6/c1-9-11(20-2)7-12(21-3)13(15(18)19)14(9)22-16-6-4-5-10(16)8-17/h7-8,10H,4-6H2,1-3H3,(H,18,19). The second-order valence-corrected chi connectivity index (χ2v) is 4.99. The number of rotatable bonds is 6. The lowest BCUT2D eigenvalue weighted by molar-refractivity contribution is -0.124. The Labute approximate surface area is 128 Å². The van der Waals surface area contributed by atoms with Gasteiger partial charge in [-0.05, 0) is 19.8 Å². The third-order valence-corrected chi connectivity index (χ3v) is 3.71. The molecule has 7 nitrogen and oxygen atoms in total. The van der Waals surface area contributed by atoms with Gasteiger partial charge in [0.15, 0.2) is 5.75 Å². The molecule has 1 atom stereocenters. The van der Waals surface area contributed by atoms with Crippen molar-refractivity contribution in [1.29, 1.82) is 0 Å². The summed E-state index contributed by atoms with van der Waals surface area (Å²) in [4.78, 5) is 28.4. The molecule has 1 N–H and O–H groups in total. The summed E-state index contributed by atoms with van der Waals surface area (Å²) in [6.45, 7) is 2.26. The van der Waals surface area contributed by atoms with E-state index in [9.17, 15) is 14.7 Å². The van der Waals surface area contributed by atoms with Gasteiger partial charge >= 0.3 is 5.97 Å². The summed E-state index contributed by atoms with van der Waals surface area (Å²) >= 11 is 0. The molecule has 1 aliphatic rings. The van der Waals surface area contributed by atoms with Crippen LogP contribution in [0.4, 0.5) is 0 Å². The van der Waals surface area contributed by atoms with Gasteiger partial charge in [-0.3, -0.25) is 0 Å². The third-order valence-electron chi connectivity index (χ3n) is 3.71. The van der Waals surface area contributed by atoms with Crippen LogP contribution in [-0.4, -0.2) is 49.2 Å². The predicted octanol–water partition coefficient (Wildman–Crippen LogP) is 1.67. The van der Waals surface area contributed by atoms with Crippen molar-refractivity contribution in [2.45, 2.75) is 25.8 Å². The normalized spacial score (nSPS) is 18.0. The minimum atomic E-state index is -1.17. The first-order valence-corrected chi connectivity index (χ1v) is 6.92. The first-order valence-electron chi connectivity index (χ1n) is 6.92. The first-order chi connectivity index (χ1) is 10.5. The van der Waals surface area contributed by atoms with Gasteiger partial charge in [-0.15, -0.1) is 5.06 Å². The number of carboxylic acid groups (broad SMARTS) is 1. The van der Waals surface area contributed by atoms with Crippen LogP contribution in [0.2, 0.25) is 0 Å². The highest BCUT2D eigenvalue weighted by Gasteiger charge is 2.30. The van der Waals surface area contributed by atoms with Gasteiger partial charge in [-0.2, -0.15) is 0 Å². The van der Waals surface area contributed by atoms with E-state index in [0.29, 0.717) is 24.3 Å². The number of hydrogen-bond donors (Lipinski definition) is 1. The van der Waals surface area contributed by atoms with Crippen molar-refractivity contribution < 1.29 is 29.0 Å². The van der Waals surface area contributed by atoms with Gasteiger partial charge in [0.05, 0.1) is 14.2 Å². The van der Waals surface area contributed by atoms with E-state index in [4.69, 9.17) is 14.3 Å². The zero-order chi connectivity index (χ0) is 16.3. The summed E-state index contributed by atoms with van der Waals surface area (Å²) in [6, 6.07) is 1.13. The molecule has 1 saturated heterocycles. The van der Waals surface area contributed by atoms with Crippen LogP contribution in [-0.2, 0) is 4.79 Å². The van der Waals surface area contributed by atoms with Crippen LogP contribution in [0.25, 0.3) is 0 Å². The maximum Gasteiger partial charge on any atom is 0.343 e. The fourth-order valence-corrected chi connectivity index (χ4v) is 2.53. The molecule has 0 radical (unpaired) electrons. The molecule has 1 aromatic rings. The lowest BCUT2D eigenvalue weighted by Gasteiger charge is -2.24. The highest BCUT2D eigenvalue weighted by atomic mass is 16.7. The van der Waals surface area contributed by atoms with Crippen LogP contribution in [0.3, 0.4) is 0 Å². The van der Waals surface area contributed by atoms with Crippen LogP contribution >= 0.6 is 0 Å². The molecule has 2 rings (SSSR count). The van der Waals surface area contributed by atoms with E-state index in [1.165, 1.54) is 25.3 Å².